The van der Waals surface area contributed by atoms with E-state index in [-0.39, 0.29) is 31.9 Å². The second kappa shape index (κ2) is 14.9. The van der Waals surface area contributed by atoms with E-state index in [9.17, 15) is 40.8 Å². The number of amides is 4. The second-order valence-corrected chi connectivity index (χ2v) is 13.9. The second-order valence-electron chi connectivity index (χ2n) is 12.2. The van der Waals surface area contributed by atoms with Gasteiger partial charge < -0.3 is 26.0 Å². The van der Waals surface area contributed by atoms with Crippen LogP contribution in [0.3, 0.4) is 0 Å². The minimum Gasteiger partial charge on any atom is -0.492 e. The molecule has 50 heavy (non-hydrogen) atoms. The molecule has 3 aromatic carbocycles. The van der Waals surface area contributed by atoms with Crippen molar-refractivity contribution in [3.05, 3.63) is 95.6 Å². The molecule has 16 heteroatoms. The maximum absolute atomic E-state index is 13.6. The van der Waals surface area contributed by atoms with Crippen LogP contribution in [-0.2, 0) is 48.2 Å². The van der Waals surface area contributed by atoms with Crippen LogP contribution in [0.1, 0.15) is 36.5 Å². The van der Waals surface area contributed by atoms with Gasteiger partial charge in [0.25, 0.3) is 0 Å². The highest BCUT2D eigenvalue weighted by atomic mass is 32.2. The van der Waals surface area contributed by atoms with E-state index in [1.54, 1.807) is 54.6 Å². The fourth-order valence-electron chi connectivity index (χ4n) is 5.33. The predicted molar refractivity (Wildman–Crippen MR) is 174 cm³/mol. The fraction of sp³-hybridized carbons (Fsp3) is 0.353. The molecule has 6 rings (SSSR count). The SMILES string of the molecule is C[C@@H]1NC(=O)[C@@H](NS(=O)(=O)c2cccc(C(F)(F)F)c2)Cc2ccc(cc2)OCCNC(=O)C2(CC2)NC(=O)[C@@H](Cc2ccccc2)NC1=O. The molecule has 0 radical (unpaired) electrons. The summed E-state index contributed by atoms with van der Waals surface area (Å²) in [5.41, 5.74) is -1.17. The fourth-order valence-corrected chi connectivity index (χ4v) is 6.58. The molecule has 3 aliphatic rings. The smallest absolute Gasteiger partial charge is 0.416 e. The van der Waals surface area contributed by atoms with E-state index >= 15 is 0 Å². The molecule has 1 saturated carbocycles. The molecule has 1 fully saturated rings. The van der Waals surface area contributed by atoms with Gasteiger partial charge in [0.1, 0.15) is 36.0 Å². The van der Waals surface area contributed by atoms with E-state index in [0.29, 0.717) is 35.8 Å². The summed E-state index contributed by atoms with van der Waals surface area (Å²) in [6.07, 6.45) is -4.23. The van der Waals surface area contributed by atoms with Gasteiger partial charge in [-0.2, -0.15) is 17.9 Å². The number of carbonyl (C=O) groups is 4. The first-order chi connectivity index (χ1) is 23.6. The Morgan fingerprint density at radius 1 is 0.880 bits per heavy atom. The average Bonchev–Trinajstić information content (AvgIpc) is 3.86. The van der Waals surface area contributed by atoms with Crippen LogP contribution in [-0.4, -0.2) is 68.9 Å². The van der Waals surface area contributed by atoms with E-state index in [1.165, 1.54) is 6.92 Å². The quantitative estimate of drug-likeness (QED) is 0.252. The molecule has 5 N–H and O–H groups in total. The Morgan fingerprint density at radius 3 is 2.24 bits per heavy atom. The van der Waals surface area contributed by atoms with Gasteiger partial charge in [0.2, 0.25) is 33.7 Å². The summed E-state index contributed by atoms with van der Waals surface area (Å²) in [6, 6.07) is 14.2. The van der Waals surface area contributed by atoms with Crippen LogP contribution < -0.4 is 30.7 Å². The number of ether oxygens (including phenoxy) is 1. The molecule has 266 valence electrons. The van der Waals surface area contributed by atoms with Crippen molar-refractivity contribution in [2.45, 2.75) is 67.3 Å². The molecular formula is C34H36F3N5O7S. The molecule has 1 spiro atoms. The number of rotatable bonds is 5. The van der Waals surface area contributed by atoms with Gasteiger partial charge in [-0.1, -0.05) is 48.5 Å². The molecule has 12 nitrogen and oxygen atoms in total. The van der Waals surface area contributed by atoms with Gasteiger partial charge >= 0.3 is 6.18 Å². The third-order valence-electron chi connectivity index (χ3n) is 8.32. The van der Waals surface area contributed by atoms with Crippen molar-refractivity contribution in [3.8, 4) is 5.75 Å². The van der Waals surface area contributed by atoms with Crippen LogP contribution in [0.2, 0.25) is 0 Å². The lowest BCUT2D eigenvalue weighted by Gasteiger charge is -2.25. The molecule has 0 saturated heterocycles. The Bertz CT molecular complexity index is 1840. The first-order valence-corrected chi connectivity index (χ1v) is 17.3. The monoisotopic (exact) mass is 715 g/mol. The lowest BCUT2D eigenvalue weighted by Crippen LogP contribution is -2.59. The zero-order valence-corrected chi connectivity index (χ0v) is 27.7. The van der Waals surface area contributed by atoms with Gasteiger partial charge in [0.15, 0.2) is 0 Å². The van der Waals surface area contributed by atoms with Crippen LogP contribution in [0.4, 0.5) is 13.2 Å². The number of carbonyl (C=O) groups excluding carboxylic acids is 4. The maximum Gasteiger partial charge on any atom is 0.416 e. The van der Waals surface area contributed by atoms with E-state index in [4.69, 9.17) is 4.74 Å². The standard InChI is InChI=1S/C34H36F3N5O7S/c1-21-29(43)40-27(18-22-6-3-2-4-7-22)31(45)41-33(14-15-33)32(46)38-16-17-49-25-12-10-23(11-13-25)19-28(30(44)39-21)42-50(47,48)26-9-5-8-24(20-26)34(35,36)37/h2-13,20-21,27-28,42H,14-19H2,1H3,(H,38,46)(H,39,44)(H,40,43)(H,41,45)/t21-,27+,28-/m0/s1. The van der Waals surface area contributed by atoms with Crippen molar-refractivity contribution in [1.82, 2.24) is 26.0 Å². The Kier molecular flexibility index (Phi) is 10.8. The van der Waals surface area contributed by atoms with Crippen LogP contribution in [0, 0.1) is 0 Å². The Balaban J connectivity index is 1.42. The highest BCUT2D eigenvalue weighted by Gasteiger charge is 2.51. The van der Waals surface area contributed by atoms with E-state index in [1.807, 2.05) is 0 Å². The minimum atomic E-state index is -4.81. The van der Waals surface area contributed by atoms with Gasteiger partial charge in [-0.05, 0) is 67.6 Å². The molecule has 2 aliphatic heterocycles. The number of hydrogen-bond donors (Lipinski definition) is 5. The molecule has 0 aromatic heterocycles. The van der Waals surface area contributed by atoms with Crippen molar-refractivity contribution in [2.24, 2.45) is 0 Å². The third kappa shape index (κ3) is 9.18. The van der Waals surface area contributed by atoms with Crippen molar-refractivity contribution in [3.63, 3.8) is 0 Å². The predicted octanol–water partition coefficient (Wildman–Crippen LogP) is 1.98. The van der Waals surface area contributed by atoms with Crippen molar-refractivity contribution < 1.29 is 45.5 Å². The zero-order valence-electron chi connectivity index (χ0n) is 26.9. The van der Waals surface area contributed by atoms with E-state index < -0.39 is 68.0 Å². The zero-order chi connectivity index (χ0) is 36.1. The largest absolute Gasteiger partial charge is 0.492 e. The number of fused-ring (bicyclic) bond motifs is 15. The summed E-state index contributed by atoms with van der Waals surface area (Å²) in [4.78, 5) is 52.9. The Morgan fingerprint density at radius 2 is 1.58 bits per heavy atom. The number of benzene rings is 3. The number of sulfonamides is 1. The van der Waals surface area contributed by atoms with Crippen molar-refractivity contribution in [1.29, 1.82) is 0 Å². The van der Waals surface area contributed by atoms with Gasteiger partial charge in [0, 0.05) is 6.42 Å². The topological polar surface area (TPSA) is 172 Å². The molecule has 1 aliphatic carbocycles. The summed E-state index contributed by atoms with van der Waals surface area (Å²) in [7, 11) is -4.68. The third-order valence-corrected chi connectivity index (χ3v) is 9.79. The molecular weight excluding hydrogens is 679 g/mol. The van der Waals surface area contributed by atoms with Gasteiger partial charge in [0.05, 0.1) is 17.0 Å². The van der Waals surface area contributed by atoms with Crippen LogP contribution in [0.25, 0.3) is 0 Å². The maximum atomic E-state index is 13.6. The van der Waals surface area contributed by atoms with E-state index in [2.05, 4.69) is 26.0 Å². The van der Waals surface area contributed by atoms with Crippen molar-refractivity contribution >= 4 is 33.7 Å². The van der Waals surface area contributed by atoms with Crippen LogP contribution in [0.5, 0.6) is 5.75 Å². The molecule has 3 aromatic rings. The number of hydrogen-bond acceptors (Lipinski definition) is 7. The summed E-state index contributed by atoms with van der Waals surface area (Å²) in [5.74, 6) is -2.32. The Labute approximate surface area is 286 Å². The lowest BCUT2D eigenvalue weighted by atomic mass is 10.0. The van der Waals surface area contributed by atoms with Gasteiger partial charge in [-0.3, -0.25) is 19.2 Å². The highest BCUT2D eigenvalue weighted by molar-refractivity contribution is 7.89. The van der Waals surface area contributed by atoms with Gasteiger partial charge in [-0.15, -0.1) is 0 Å². The first kappa shape index (κ1) is 36.3. The average molecular weight is 716 g/mol. The summed E-state index contributed by atoms with van der Waals surface area (Å²) in [6.45, 7) is 1.54. The summed E-state index contributed by atoms with van der Waals surface area (Å²) < 4.78 is 74.6. The first-order valence-electron chi connectivity index (χ1n) is 15.8. The lowest BCUT2D eigenvalue weighted by molar-refractivity contribution is -0.137. The van der Waals surface area contributed by atoms with E-state index in [0.717, 1.165) is 18.2 Å². The highest BCUT2D eigenvalue weighted by Crippen LogP contribution is 2.36. The molecule has 4 amide bonds. The summed E-state index contributed by atoms with van der Waals surface area (Å²) in [5, 5.41) is 10.6. The Hall–Kier alpha value is -4.96. The van der Waals surface area contributed by atoms with Crippen molar-refractivity contribution in [2.75, 3.05) is 13.2 Å². The molecule has 3 atom stereocenters. The summed E-state index contributed by atoms with van der Waals surface area (Å²) >= 11 is 0. The minimum absolute atomic E-state index is 0.0552. The number of alkyl halides is 3. The molecule has 0 unspecified atom stereocenters. The van der Waals surface area contributed by atoms with Crippen LogP contribution in [0.15, 0.2) is 83.8 Å². The number of halogens is 3. The number of nitrogens with one attached hydrogen (secondary N) is 5. The van der Waals surface area contributed by atoms with Crippen LogP contribution >= 0.6 is 0 Å². The van der Waals surface area contributed by atoms with Gasteiger partial charge in [-0.25, -0.2) is 8.42 Å². The normalized spacial score (nSPS) is 22.0. The molecule has 2 bridgehead atoms. The molecule has 2 heterocycles.